The third-order valence-corrected chi connectivity index (χ3v) is 2.36. The quantitative estimate of drug-likeness (QED) is 0.601. The Balaban J connectivity index is 2.39. The van der Waals surface area contributed by atoms with E-state index in [0.29, 0.717) is 5.56 Å². The van der Waals surface area contributed by atoms with E-state index in [1.165, 1.54) is 24.4 Å². The molecule has 2 rings (SSSR count). The molecule has 0 spiro atoms. The lowest BCUT2D eigenvalue weighted by molar-refractivity contribution is -0.384. The maximum absolute atomic E-state index is 12.6. The second-order valence-electron chi connectivity index (χ2n) is 3.55. The molecule has 1 aliphatic rings. The van der Waals surface area contributed by atoms with Crippen molar-refractivity contribution in [2.75, 3.05) is 13.3 Å². The number of ether oxygens (including phenoxy) is 1. The number of halogens is 2. The van der Waals surface area contributed by atoms with Crippen molar-refractivity contribution in [1.29, 1.82) is 0 Å². The first-order valence-corrected chi connectivity index (χ1v) is 4.75. The van der Waals surface area contributed by atoms with Gasteiger partial charge in [0.05, 0.1) is 4.92 Å². The Labute approximate surface area is 94.9 Å². The normalized spacial score (nSPS) is 16.1. The monoisotopic (exact) mass is 242 g/mol. The van der Waals surface area contributed by atoms with Crippen molar-refractivity contribution in [3.63, 3.8) is 0 Å². The summed E-state index contributed by atoms with van der Waals surface area (Å²) in [6, 6.07) is 3.75. The van der Waals surface area contributed by atoms with Gasteiger partial charge in [-0.3, -0.25) is 10.1 Å². The molecule has 0 aliphatic carbocycles. The zero-order valence-corrected chi connectivity index (χ0v) is 8.60. The van der Waals surface area contributed by atoms with Gasteiger partial charge in [-0.2, -0.15) is 0 Å². The van der Waals surface area contributed by atoms with Crippen LogP contribution in [-0.4, -0.2) is 30.2 Å². The van der Waals surface area contributed by atoms with E-state index < -0.39 is 24.0 Å². The fraction of sp³-hybridized carbons (Fsp3) is 0.300. The summed E-state index contributed by atoms with van der Waals surface area (Å²) in [5.74, 6) is 0.181. The summed E-state index contributed by atoms with van der Waals surface area (Å²) >= 11 is 0. The highest BCUT2D eigenvalue weighted by molar-refractivity contribution is 5.86. The number of nitrogens with zero attached hydrogens (tertiary/aromatic N) is 2. The van der Waals surface area contributed by atoms with Gasteiger partial charge in [0.1, 0.15) is 5.75 Å². The summed E-state index contributed by atoms with van der Waals surface area (Å²) in [4.78, 5) is 13.6. The van der Waals surface area contributed by atoms with E-state index in [-0.39, 0.29) is 11.4 Å². The minimum absolute atomic E-state index is 0.133. The lowest BCUT2D eigenvalue weighted by atomic mass is 10.1. The summed E-state index contributed by atoms with van der Waals surface area (Å²) in [6.07, 6.45) is 1.19. The summed E-state index contributed by atoms with van der Waals surface area (Å²) in [5, 5.41) is 10.5. The van der Waals surface area contributed by atoms with Crippen molar-refractivity contribution in [2.24, 2.45) is 4.99 Å². The largest absolute Gasteiger partial charge is 0.460 e. The smallest absolute Gasteiger partial charge is 0.270 e. The van der Waals surface area contributed by atoms with Gasteiger partial charge in [-0.05, 0) is 6.07 Å². The zero-order chi connectivity index (χ0) is 12.5. The Kier molecular flexibility index (Phi) is 2.74. The molecule has 0 saturated heterocycles. The standard InChI is InChI=1S/C10H8F2N2O3/c11-5-10(6-12)13-4-7-3-8(14(15)16)1-2-9(7)17-10/h1-4H,5-6H2. The van der Waals surface area contributed by atoms with Gasteiger partial charge in [-0.25, -0.2) is 13.8 Å². The number of fused-ring (bicyclic) bond motifs is 1. The number of nitro benzene ring substituents is 1. The molecule has 0 unspecified atom stereocenters. The van der Waals surface area contributed by atoms with Crippen LogP contribution in [0.2, 0.25) is 0 Å². The van der Waals surface area contributed by atoms with Gasteiger partial charge in [0.2, 0.25) is 0 Å². The van der Waals surface area contributed by atoms with Crippen LogP contribution in [0.1, 0.15) is 5.56 Å². The molecule has 90 valence electrons. The van der Waals surface area contributed by atoms with E-state index in [4.69, 9.17) is 4.74 Å². The van der Waals surface area contributed by atoms with Gasteiger partial charge < -0.3 is 4.74 Å². The second-order valence-corrected chi connectivity index (χ2v) is 3.55. The van der Waals surface area contributed by atoms with Gasteiger partial charge in [-0.15, -0.1) is 0 Å². The molecule has 1 aromatic rings. The number of hydrogen-bond donors (Lipinski definition) is 0. The Hall–Kier alpha value is -2.05. The average molecular weight is 242 g/mol. The number of non-ortho nitro benzene ring substituents is 1. The van der Waals surface area contributed by atoms with Crippen molar-refractivity contribution < 1.29 is 18.4 Å². The summed E-state index contributed by atoms with van der Waals surface area (Å²) in [7, 11) is 0. The SMILES string of the molecule is O=[N+]([O-])c1ccc2c(c1)C=NC(CF)(CF)O2. The fourth-order valence-electron chi connectivity index (χ4n) is 1.42. The van der Waals surface area contributed by atoms with Crippen LogP contribution in [0, 0.1) is 10.1 Å². The van der Waals surface area contributed by atoms with Gasteiger partial charge in [-0.1, -0.05) is 0 Å². The highest BCUT2D eigenvalue weighted by Gasteiger charge is 2.35. The number of alkyl halides is 2. The maximum Gasteiger partial charge on any atom is 0.270 e. The first kappa shape index (κ1) is 11.4. The van der Waals surface area contributed by atoms with E-state index in [1.54, 1.807) is 0 Å². The Morgan fingerprint density at radius 1 is 1.41 bits per heavy atom. The predicted molar refractivity (Wildman–Crippen MR) is 56.0 cm³/mol. The number of benzene rings is 1. The first-order chi connectivity index (χ1) is 8.10. The van der Waals surface area contributed by atoms with Crippen LogP contribution in [0.4, 0.5) is 14.5 Å². The minimum Gasteiger partial charge on any atom is -0.460 e. The molecule has 0 radical (unpaired) electrons. The van der Waals surface area contributed by atoms with Gasteiger partial charge >= 0.3 is 0 Å². The lowest BCUT2D eigenvalue weighted by Gasteiger charge is -2.28. The van der Waals surface area contributed by atoms with Crippen LogP contribution in [0.15, 0.2) is 23.2 Å². The minimum atomic E-state index is -1.84. The molecule has 0 atom stereocenters. The molecule has 0 bridgehead atoms. The molecule has 1 aliphatic heterocycles. The van der Waals surface area contributed by atoms with E-state index in [9.17, 15) is 18.9 Å². The topological polar surface area (TPSA) is 64.7 Å². The van der Waals surface area contributed by atoms with Crippen LogP contribution < -0.4 is 4.74 Å². The molecule has 1 aromatic carbocycles. The summed E-state index contributed by atoms with van der Waals surface area (Å²) in [6.45, 7) is -2.20. The van der Waals surface area contributed by atoms with E-state index in [1.807, 2.05) is 0 Å². The highest BCUT2D eigenvalue weighted by Crippen LogP contribution is 2.31. The van der Waals surface area contributed by atoms with Gasteiger partial charge in [0, 0.05) is 23.9 Å². The van der Waals surface area contributed by atoms with Gasteiger partial charge in [0.15, 0.2) is 13.3 Å². The van der Waals surface area contributed by atoms with Crippen molar-refractivity contribution in [3.05, 3.63) is 33.9 Å². The molecule has 0 aromatic heterocycles. The Morgan fingerprint density at radius 3 is 2.71 bits per heavy atom. The molecule has 1 heterocycles. The number of rotatable bonds is 3. The van der Waals surface area contributed by atoms with E-state index >= 15 is 0 Å². The zero-order valence-electron chi connectivity index (χ0n) is 8.60. The predicted octanol–water partition coefficient (Wildman–Crippen LogP) is 2.04. The summed E-state index contributed by atoms with van der Waals surface area (Å²) < 4.78 is 30.4. The van der Waals surface area contributed by atoms with Gasteiger partial charge in [0.25, 0.3) is 11.4 Å². The molecule has 7 heteroatoms. The maximum atomic E-state index is 12.6. The number of aliphatic imine (C=N–C) groups is 1. The fourth-order valence-corrected chi connectivity index (χ4v) is 1.42. The highest BCUT2D eigenvalue weighted by atomic mass is 19.1. The van der Waals surface area contributed by atoms with Crippen LogP contribution in [0.25, 0.3) is 0 Å². The molecule has 0 fully saturated rings. The number of nitro groups is 1. The first-order valence-electron chi connectivity index (χ1n) is 4.75. The van der Waals surface area contributed by atoms with Crippen LogP contribution in [0.3, 0.4) is 0 Å². The van der Waals surface area contributed by atoms with Crippen LogP contribution in [0.5, 0.6) is 5.75 Å². The molecular weight excluding hydrogens is 234 g/mol. The van der Waals surface area contributed by atoms with Crippen LogP contribution in [-0.2, 0) is 0 Å². The van der Waals surface area contributed by atoms with Crippen molar-refractivity contribution in [2.45, 2.75) is 5.72 Å². The van der Waals surface area contributed by atoms with Crippen LogP contribution >= 0.6 is 0 Å². The molecule has 0 saturated carbocycles. The molecule has 0 amide bonds. The third-order valence-electron chi connectivity index (χ3n) is 2.36. The molecular formula is C10H8F2N2O3. The van der Waals surface area contributed by atoms with E-state index in [0.717, 1.165) is 0 Å². The lowest BCUT2D eigenvalue weighted by Crippen LogP contribution is -2.41. The van der Waals surface area contributed by atoms with Crippen molar-refractivity contribution in [1.82, 2.24) is 0 Å². The summed E-state index contributed by atoms with van der Waals surface area (Å²) in [5.41, 5.74) is -1.65. The average Bonchev–Trinajstić information content (AvgIpc) is 2.37. The molecule has 5 nitrogen and oxygen atoms in total. The van der Waals surface area contributed by atoms with Crippen molar-refractivity contribution >= 4 is 11.9 Å². The van der Waals surface area contributed by atoms with Crippen molar-refractivity contribution in [3.8, 4) is 5.75 Å². The molecule has 17 heavy (non-hydrogen) atoms. The van der Waals surface area contributed by atoms with E-state index in [2.05, 4.69) is 4.99 Å². The molecule has 0 N–H and O–H groups in total. The third kappa shape index (κ3) is 1.95. The number of hydrogen-bond acceptors (Lipinski definition) is 4. The second kappa shape index (κ2) is 4.08. The Bertz CT molecular complexity index is 486. The Morgan fingerprint density at radius 2 is 2.12 bits per heavy atom.